The quantitative estimate of drug-likeness (QED) is 0.838. The number of nitrogens with zero attached hydrogens (tertiary/aromatic N) is 1. The molecule has 0 aliphatic heterocycles. The Labute approximate surface area is 125 Å². The first-order valence-electron chi connectivity index (χ1n) is 6.12. The Morgan fingerprint density at radius 2 is 2.26 bits per heavy atom. The van der Waals surface area contributed by atoms with E-state index in [1.807, 2.05) is 22.8 Å². The van der Waals surface area contributed by atoms with Gasteiger partial charge in [0.2, 0.25) is 5.91 Å². The lowest BCUT2D eigenvalue weighted by atomic mass is 10.2. The fourth-order valence-electron chi connectivity index (χ4n) is 1.81. The Morgan fingerprint density at radius 3 is 2.95 bits per heavy atom. The topological polar surface area (TPSA) is 49.8 Å². The number of H-pyrrole nitrogens is 1. The molecule has 19 heavy (non-hydrogen) atoms. The van der Waals surface area contributed by atoms with E-state index in [-0.39, 0.29) is 12.5 Å². The lowest BCUT2D eigenvalue weighted by molar-refractivity contribution is -0.121. The predicted molar refractivity (Wildman–Crippen MR) is 82.7 cm³/mol. The number of rotatable bonds is 4. The number of carbonyl (C=O) groups is 1. The number of imidazole rings is 1. The lowest BCUT2D eigenvalue weighted by Crippen LogP contribution is -2.30. The van der Waals surface area contributed by atoms with E-state index in [1.54, 1.807) is 0 Å². The van der Waals surface area contributed by atoms with E-state index in [2.05, 4.69) is 40.1 Å². The van der Waals surface area contributed by atoms with E-state index in [4.69, 9.17) is 12.2 Å². The second-order valence-electron chi connectivity index (χ2n) is 4.88. The first-order valence-corrected chi connectivity index (χ1v) is 7.32. The summed E-state index contributed by atoms with van der Waals surface area (Å²) >= 11 is 8.68. The van der Waals surface area contributed by atoms with Gasteiger partial charge in [0.25, 0.3) is 0 Å². The maximum absolute atomic E-state index is 11.9. The van der Waals surface area contributed by atoms with Crippen molar-refractivity contribution < 1.29 is 4.79 Å². The van der Waals surface area contributed by atoms with Crippen LogP contribution in [0.1, 0.15) is 13.8 Å². The molecular weight excluding hydrogens is 326 g/mol. The van der Waals surface area contributed by atoms with E-state index in [1.165, 1.54) is 0 Å². The number of nitrogens with one attached hydrogen (secondary N) is 2. The third-order valence-corrected chi connectivity index (χ3v) is 3.56. The van der Waals surface area contributed by atoms with Crippen molar-refractivity contribution in [3.63, 3.8) is 0 Å². The van der Waals surface area contributed by atoms with Crippen LogP contribution in [0, 0.1) is 10.7 Å². The minimum absolute atomic E-state index is 0.0198. The first kappa shape index (κ1) is 14.3. The summed E-state index contributed by atoms with van der Waals surface area (Å²) in [6.07, 6.45) is 0. The summed E-state index contributed by atoms with van der Waals surface area (Å²) in [6.45, 7) is 5.05. The molecule has 0 bridgehead atoms. The Kier molecular flexibility index (Phi) is 4.42. The van der Waals surface area contributed by atoms with Crippen molar-refractivity contribution >= 4 is 45.1 Å². The summed E-state index contributed by atoms with van der Waals surface area (Å²) in [7, 11) is 0. The average Bonchev–Trinajstić information content (AvgIpc) is 2.62. The van der Waals surface area contributed by atoms with Crippen molar-refractivity contribution in [2.75, 3.05) is 6.54 Å². The standard InChI is InChI=1S/C13H16BrN3OS/c1-8(2)6-15-12(18)7-17-11-4-3-9(14)5-10(11)16-13(17)19/h3-5,8H,6-7H2,1-2H3,(H,15,18)(H,16,19). The number of carbonyl (C=O) groups excluding carboxylic acids is 1. The van der Waals surface area contributed by atoms with E-state index in [0.29, 0.717) is 17.2 Å². The maximum atomic E-state index is 11.9. The molecule has 0 unspecified atom stereocenters. The number of amides is 1. The van der Waals surface area contributed by atoms with Crippen LogP contribution in [0.3, 0.4) is 0 Å². The van der Waals surface area contributed by atoms with Crippen molar-refractivity contribution in [2.24, 2.45) is 5.92 Å². The van der Waals surface area contributed by atoms with Crippen molar-refractivity contribution in [3.8, 4) is 0 Å². The fraction of sp³-hybridized carbons (Fsp3) is 0.385. The molecule has 2 rings (SSSR count). The van der Waals surface area contributed by atoms with Crippen molar-refractivity contribution in [1.82, 2.24) is 14.9 Å². The van der Waals surface area contributed by atoms with Gasteiger partial charge in [-0.25, -0.2) is 0 Å². The van der Waals surface area contributed by atoms with Crippen LogP contribution in [0.15, 0.2) is 22.7 Å². The third kappa shape index (κ3) is 3.45. The van der Waals surface area contributed by atoms with Gasteiger partial charge >= 0.3 is 0 Å². The summed E-state index contributed by atoms with van der Waals surface area (Å²) in [4.78, 5) is 15.0. The van der Waals surface area contributed by atoms with Gasteiger partial charge in [0.05, 0.1) is 11.0 Å². The molecule has 4 nitrogen and oxygen atoms in total. The number of aromatic nitrogens is 2. The molecule has 0 saturated carbocycles. The van der Waals surface area contributed by atoms with Crippen LogP contribution in [-0.2, 0) is 11.3 Å². The van der Waals surface area contributed by atoms with Crippen LogP contribution >= 0.6 is 28.1 Å². The molecule has 6 heteroatoms. The number of aromatic amines is 1. The third-order valence-electron chi connectivity index (χ3n) is 2.75. The van der Waals surface area contributed by atoms with Gasteiger partial charge in [-0.1, -0.05) is 29.8 Å². The van der Waals surface area contributed by atoms with Crippen LogP contribution in [0.4, 0.5) is 0 Å². The molecule has 102 valence electrons. The second-order valence-corrected chi connectivity index (χ2v) is 6.18. The molecule has 0 aliphatic rings. The molecule has 0 fully saturated rings. The SMILES string of the molecule is CC(C)CNC(=O)Cn1c(=S)[nH]c2cc(Br)ccc21. The Bertz CT molecular complexity index is 659. The van der Waals surface area contributed by atoms with Gasteiger partial charge in [0.15, 0.2) is 4.77 Å². The van der Waals surface area contributed by atoms with E-state index >= 15 is 0 Å². The van der Waals surface area contributed by atoms with Crippen molar-refractivity contribution in [2.45, 2.75) is 20.4 Å². The smallest absolute Gasteiger partial charge is 0.240 e. The molecule has 0 radical (unpaired) electrons. The molecule has 0 aliphatic carbocycles. The molecule has 2 N–H and O–H groups in total. The van der Waals surface area contributed by atoms with Gasteiger partial charge in [-0.05, 0) is 36.3 Å². The van der Waals surface area contributed by atoms with Gasteiger partial charge in [0, 0.05) is 11.0 Å². The van der Waals surface area contributed by atoms with Crippen LogP contribution in [0.5, 0.6) is 0 Å². The molecule has 1 aromatic carbocycles. The van der Waals surface area contributed by atoms with Crippen LogP contribution in [0.25, 0.3) is 11.0 Å². The molecule has 0 saturated heterocycles. The van der Waals surface area contributed by atoms with E-state index < -0.39 is 0 Å². The van der Waals surface area contributed by atoms with Crippen LogP contribution < -0.4 is 5.32 Å². The summed E-state index contributed by atoms with van der Waals surface area (Å²) in [6, 6.07) is 5.84. The van der Waals surface area contributed by atoms with Gasteiger partial charge < -0.3 is 14.9 Å². The average molecular weight is 342 g/mol. The minimum atomic E-state index is -0.0198. The highest BCUT2D eigenvalue weighted by Crippen LogP contribution is 2.19. The molecule has 1 aromatic heterocycles. The molecule has 1 amide bonds. The molecule has 2 aromatic rings. The zero-order valence-electron chi connectivity index (χ0n) is 10.9. The molecule has 0 spiro atoms. The van der Waals surface area contributed by atoms with Crippen LogP contribution in [-0.4, -0.2) is 22.0 Å². The number of halogens is 1. The van der Waals surface area contributed by atoms with Gasteiger partial charge in [0.1, 0.15) is 6.54 Å². The highest BCUT2D eigenvalue weighted by molar-refractivity contribution is 9.10. The molecular formula is C13H16BrN3OS. The predicted octanol–water partition coefficient (Wildman–Crippen LogP) is 3.23. The number of fused-ring (bicyclic) bond motifs is 1. The van der Waals surface area contributed by atoms with Crippen molar-refractivity contribution in [3.05, 3.63) is 27.4 Å². The molecule has 0 atom stereocenters. The minimum Gasteiger partial charge on any atom is -0.354 e. The Hall–Kier alpha value is -1.14. The van der Waals surface area contributed by atoms with Crippen molar-refractivity contribution in [1.29, 1.82) is 0 Å². The highest BCUT2D eigenvalue weighted by Gasteiger charge is 2.09. The Morgan fingerprint density at radius 1 is 1.53 bits per heavy atom. The zero-order valence-corrected chi connectivity index (χ0v) is 13.3. The van der Waals surface area contributed by atoms with Gasteiger partial charge in [-0.2, -0.15) is 0 Å². The largest absolute Gasteiger partial charge is 0.354 e. The lowest BCUT2D eigenvalue weighted by Gasteiger charge is -2.08. The summed E-state index contributed by atoms with van der Waals surface area (Å²) in [5.41, 5.74) is 1.86. The monoisotopic (exact) mass is 341 g/mol. The second kappa shape index (κ2) is 5.88. The highest BCUT2D eigenvalue weighted by atomic mass is 79.9. The normalized spacial score (nSPS) is 11.2. The maximum Gasteiger partial charge on any atom is 0.240 e. The van der Waals surface area contributed by atoms with Crippen LogP contribution in [0.2, 0.25) is 0 Å². The van der Waals surface area contributed by atoms with Gasteiger partial charge in [-0.3, -0.25) is 4.79 Å². The Balaban J connectivity index is 2.23. The van der Waals surface area contributed by atoms with E-state index in [9.17, 15) is 4.79 Å². The number of benzene rings is 1. The first-order chi connectivity index (χ1) is 8.97. The number of hydrogen-bond acceptors (Lipinski definition) is 2. The summed E-state index contributed by atoms with van der Waals surface area (Å²) in [5.74, 6) is 0.421. The number of hydrogen-bond donors (Lipinski definition) is 2. The summed E-state index contributed by atoms with van der Waals surface area (Å²) < 4.78 is 3.35. The van der Waals surface area contributed by atoms with E-state index in [0.717, 1.165) is 15.5 Å². The molecule has 1 heterocycles. The summed E-state index contributed by atoms with van der Waals surface area (Å²) in [5, 5.41) is 2.89. The van der Waals surface area contributed by atoms with Gasteiger partial charge in [-0.15, -0.1) is 0 Å². The zero-order chi connectivity index (χ0) is 14.0. The fourth-order valence-corrected chi connectivity index (χ4v) is 2.44.